The highest BCUT2D eigenvalue weighted by Gasteiger charge is 2.20. The predicted octanol–water partition coefficient (Wildman–Crippen LogP) is 3.89. The van der Waals surface area contributed by atoms with Gasteiger partial charge in [-0.1, -0.05) is 29.8 Å². The molecule has 0 aliphatic carbocycles. The third-order valence-electron chi connectivity index (χ3n) is 3.71. The van der Waals surface area contributed by atoms with Crippen molar-refractivity contribution in [2.45, 2.75) is 32.9 Å². The zero-order valence-electron chi connectivity index (χ0n) is 12.0. The predicted molar refractivity (Wildman–Crippen MR) is 82.5 cm³/mol. The lowest BCUT2D eigenvalue weighted by molar-refractivity contribution is 0.176. The van der Waals surface area contributed by atoms with Crippen LogP contribution in [0.3, 0.4) is 0 Å². The first-order valence-corrected chi connectivity index (χ1v) is 7.35. The fourth-order valence-electron chi connectivity index (χ4n) is 2.61. The number of hydrogen-bond donors (Lipinski definition) is 1. The number of aryl methyl sites for hydroxylation is 2. The molecule has 3 aromatic rings. The number of hydrogen-bond acceptors (Lipinski definition) is 3. The largest absolute Gasteiger partial charge is 0.464 e. The Morgan fingerprint density at radius 1 is 1.38 bits per heavy atom. The summed E-state index contributed by atoms with van der Waals surface area (Å²) in [6, 6.07) is 7.68. The van der Waals surface area contributed by atoms with Crippen molar-refractivity contribution in [1.82, 2.24) is 9.78 Å². The number of halogens is 1. The summed E-state index contributed by atoms with van der Waals surface area (Å²) in [7, 11) is 0. The Kier molecular flexibility index (Phi) is 3.74. The van der Waals surface area contributed by atoms with E-state index in [1.54, 1.807) is 6.26 Å². The monoisotopic (exact) mass is 304 g/mol. The molecular weight excluding hydrogens is 288 g/mol. The summed E-state index contributed by atoms with van der Waals surface area (Å²) in [5.74, 6) is 0. The van der Waals surface area contributed by atoms with Gasteiger partial charge >= 0.3 is 0 Å². The summed E-state index contributed by atoms with van der Waals surface area (Å²) in [6.07, 6.45) is 1.35. The van der Waals surface area contributed by atoms with Crippen LogP contribution >= 0.6 is 11.6 Å². The van der Waals surface area contributed by atoms with Gasteiger partial charge in [-0.05, 0) is 19.9 Å². The van der Waals surface area contributed by atoms with Crippen molar-refractivity contribution in [3.05, 3.63) is 52.5 Å². The van der Waals surface area contributed by atoms with Crippen molar-refractivity contribution >= 4 is 22.6 Å². The second-order valence-corrected chi connectivity index (χ2v) is 5.45. The van der Waals surface area contributed by atoms with Gasteiger partial charge in [-0.3, -0.25) is 4.68 Å². The van der Waals surface area contributed by atoms with Crippen molar-refractivity contribution < 1.29 is 9.52 Å². The molecule has 0 amide bonds. The van der Waals surface area contributed by atoms with Crippen molar-refractivity contribution in [2.75, 3.05) is 0 Å². The minimum absolute atomic E-state index is 0.414. The third-order valence-corrected chi connectivity index (χ3v) is 4.20. The summed E-state index contributed by atoms with van der Waals surface area (Å²) in [4.78, 5) is 0. The Morgan fingerprint density at radius 3 is 2.90 bits per heavy atom. The van der Waals surface area contributed by atoms with Gasteiger partial charge in [0.15, 0.2) is 0 Å². The van der Waals surface area contributed by atoms with E-state index in [4.69, 9.17) is 16.0 Å². The highest BCUT2D eigenvalue weighted by molar-refractivity contribution is 6.31. The van der Waals surface area contributed by atoms with E-state index in [1.807, 2.05) is 42.8 Å². The molecule has 1 unspecified atom stereocenters. The van der Waals surface area contributed by atoms with E-state index in [0.29, 0.717) is 11.4 Å². The number of para-hydroxylation sites is 1. The van der Waals surface area contributed by atoms with Crippen LogP contribution in [0.25, 0.3) is 11.0 Å². The van der Waals surface area contributed by atoms with Crippen LogP contribution in [0.4, 0.5) is 0 Å². The van der Waals surface area contributed by atoms with E-state index in [1.165, 1.54) is 0 Å². The fourth-order valence-corrected chi connectivity index (χ4v) is 2.83. The Labute approximate surface area is 127 Å². The number of furan rings is 1. The lowest BCUT2D eigenvalue weighted by Crippen LogP contribution is -2.08. The molecule has 1 atom stereocenters. The molecule has 4 nitrogen and oxygen atoms in total. The first-order chi connectivity index (χ1) is 10.1. The number of benzene rings is 1. The molecule has 5 heteroatoms. The van der Waals surface area contributed by atoms with Crippen LogP contribution in [0, 0.1) is 6.92 Å². The molecule has 21 heavy (non-hydrogen) atoms. The summed E-state index contributed by atoms with van der Waals surface area (Å²) in [5.41, 5.74) is 3.20. The highest BCUT2D eigenvalue weighted by Crippen LogP contribution is 2.31. The average Bonchev–Trinajstić information content (AvgIpc) is 3.03. The minimum Gasteiger partial charge on any atom is -0.464 e. The van der Waals surface area contributed by atoms with Crippen molar-refractivity contribution in [2.24, 2.45) is 0 Å². The molecule has 0 fully saturated rings. The Morgan fingerprint density at radius 2 is 2.14 bits per heavy atom. The van der Waals surface area contributed by atoms with Gasteiger partial charge in [0.05, 0.1) is 28.8 Å². The minimum atomic E-state index is -0.674. The van der Waals surface area contributed by atoms with Gasteiger partial charge in [0.2, 0.25) is 0 Å². The average molecular weight is 305 g/mol. The lowest BCUT2D eigenvalue weighted by atomic mass is 10.0. The normalized spacial score (nSPS) is 13.0. The first kappa shape index (κ1) is 14.2. The molecule has 110 valence electrons. The second kappa shape index (κ2) is 5.54. The maximum Gasteiger partial charge on any atom is 0.134 e. The molecule has 0 saturated heterocycles. The zero-order valence-corrected chi connectivity index (χ0v) is 12.8. The van der Waals surface area contributed by atoms with E-state index < -0.39 is 6.10 Å². The smallest absolute Gasteiger partial charge is 0.134 e. The Balaban J connectivity index is 1.95. The number of rotatable bonds is 4. The van der Waals surface area contributed by atoms with Crippen LogP contribution in [-0.4, -0.2) is 14.9 Å². The standard InChI is InChI=1S/C16H17ClN2O2/c1-3-19-13(16(17)10(2)18-19)8-14(20)12-9-21-15-7-5-4-6-11(12)15/h4-7,9,14,20H,3,8H2,1-2H3. The maximum absolute atomic E-state index is 10.6. The van der Waals surface area contributed by atoms with Gasteiger partial charge in [0.25, 0.3) is 0 Å². The van der Waals surface area contributed by atoms with E-state index in [9.17, 15) is 5.11 Å². The van der Waals surface area contributed by atoms with Crippen LogP contribution in [0.15, 0.2) is 34.9 Å². The summed E-state index contributed by atoms with van der Waals surface area (Å²) >= 11 is 6.30. The van der Waals surface area contributed by atoms with Crippen LogP contribution in [0.5, 0.6) is 0 Å². The molecule has 1 N–H and O–H groups in total. The summed E-state index contributed by atoms with van der Waals surface area (Å²) in [5, 5.41) is 16.5. The quantitative estimate of drug-likeness (QED) is 0.795. The van der Waals surface area contributed by atoms with Crippen LogP contribution in [-0.2, 0) is 13.0 Å². The molecule has 2 aromatic heterocycles. The number of fused-ring (bicyclic) bond motifs is 1. The third kappa shape index (κ3) is 2.45. The molecule has 0 radical (unpaired) electrons. The number of nitrogens with zero attached hydrogens (tertiary/aromatic N) is 2. The zero-order chi connectivity index (χ0) is 15.0. The van der Waals surface area contributed by atoms with Crippen molar-refractivity contribution in [1.29, 1.82) is 0 Å². The van der Waals surface area contributed by atoms with Crippen molar-refractivity contribution in [3.63, 3.8) is 0 Å². The van der Waals surface area contributed by atoms with Crippen LogP contribution < -0.4 is 0 Å². The van der Waals surface area contributed by atoms with Gasteiger partial charge in [0.1, 0.15) is 5.58 Å². The van der Waals surface area contributed by atoms with E-state index in [2.05, 4.69) is 5.10 Å². The van der Waals surface area contributed by atoms with Gasteiger partial charge in [-0.25, -0.2) is 0 Å². The fraction of sp³-hybridized carbons (Fsp3) is 0.312. The Hall–Kier alpha value is -1.78. The Bertz CT molecular complexity index is 776. The summed E-state index contributed by atoms with van der Waals surface area (Å²) < 4.78 is 7.32. The molecule has 0 saturated carbocycles. The van der Waals surface area contributed by atoms with Gasteiger partial charge in [-0.15, -0.1) is 0 Å². The molecule has 2 heterocycles. The topological polar surface area (TPSA) is 51.2 Å². The van der Waals surface area contributed by atoms with E-state index in [0.717, 1.165) is 34.5 Å². The van der Waals surface area contributed by atoms with Crippen LogP contribution in [0.2, 0.25) is 5.02 Å². The number of aliphatic hydroxyl groups is 1. The van der Waals surface area contributed by atoms with E-state index >= 15 is 0 Å². The number of aromatic nitrogens is 2. The molecule has 0 bridgehead atoms. The molecule has 1 aromatic carbocycles. The van der Waals surface area contributed by atoms with Gasteiger partial charge in [0, 0.05) is 23.9 Å². The molecule has 0 aliphatic heterocycles. The molecule has 0 spiro atoms. The van der Waals surface area contributed by atoms with Gasteiger partial charge in [-0.2, -0.15) is 5.10 Å². The maximum atomic E-state index is 10.6. The van der Waals surface area contributed by atoms with E-state index in [-0.39, 0.29) is 0 Å². The second-order valence-electron chi connectivity index (χ2n) is 5.07. The molecule has 3 rings (SSSR count). The highest BCUT2D eigenvalue weighted by atomic mass is 35.5. The number of aliphatic hydroxyl groups excluding tert-OH is 1. The van der Waals surface area contributed by atoms with Crippen molar-refractivity contribution in [3.8, 4) is 0 Å². The van der Waals surface area contributed by atoms with Crippen LogP contribution in [0.1, 0.15) is 30.0 Å². The SMILES string of the molecule is CCn1nc(C)c(Cl)c1CC(O)c1coc2ccccc12. The first-order valence-electron chi connectivity index (χ1n) is 6.97. The van der Waals surface area contributed by atoms with Gasteiger partial charge < -0.3 is 9.52 Å². The molecular formula is C16H17ClN2O2. The summed E-state index contributed by atoms with van der Waals surface area (Å²) in [6.45, 7) is 4.60. The lowest BCUT2D eigenvalue weighted by Gasteiger charge is -2.11. The molecule has 0 aliphatic rings.